The fourth-order valence-electron chi connectivity index (χ4n) is 0.260. The first-order valence-electron chi connectivity index (χ1n) is 1.84. The van der Waals surface area contributed by atoms with E-state index in [9.17, 15) is 8.78 Å². The summed E-state index contributed by atoms with van der Waals surface area (Å²) in [6.07, 6.45) is 1.18. The van der Waals surface area contributed by atoms with Gasteiger partial charge in [0.2, 0.25) is 6.26 Å². The molecule has 0 aliphatic carbocycles. The summed E-state index contributed by atoms with van der Waals surface area (Å²) in [7, 11) is 0. The number of rotatable bonds is 1. The van der Waals surface area contributed by atoms with Gasteiger partial charge in [0.05, 0.1) is 5.56 Å². The second-order valence-corrected chi connectivity index (χ2v) is 1.11. The van der Waals surface area contributed by atoms with Crippen molar-refractivity contribution < 1.29 is 13.3 Å². The Morgan fingerprint density at radius 3 is 2.62 bits per heavy atom. The normalized spacial score (nSPS) is 10.4. The summed E-state index contributed by atoms with van der Waals surface area (Å²) < 4.78 is 26.8. The summed E-state index contributed by atoms with van der Waals surface area (Å²) in [5.74, 6) is 0. The Morgan fingerprint density at radius 2 is 2.38 bits per heavy atom. The summed E-state index contributed by atoms with van der Waals surface area (Å²) in [5.41, 5.74) is -0.426. The van der Waals surface area contributed by atoms with Gasteiger partial charge < -0.3 is 4.52 Å². The third-order valence-electron chi connectivity index (χ3n) is 0.586. The van der Waals surface area contributed by atoms with Crippen LogP contribution in [-0.2, 0) is 0 Å². The van der Waals surface area contributed by atoms with Gasteiger partial charge in [-0.15, -0.1) is 0 Å². The van der Waals surface area contributed by atoms with Gasteiger partial charge in [0.15, 0.2) is 0 Å². The van der Waals surface area contributed by atoms with Gasteiger partial charge in [0, 0.05) is 0 Å². The highest BCUT2D eigenvalue weighted by molar-refractivity contribution is 4.97. The molecular weight excluding hydrogens is 116 g/mol. The van der Waals surface area contributed by atoms with Crippen LogP contribution in [0, 0.1) is 12.5 Å². The van der Waals surface area contributed by atoms with Crippen molar-refractivity contribution in [2.24, 2.45) is 0 Å². The second-order valence-electron chi connectivity index (χ2n) is 1.11. The van der Waals surface area contributed by atoms with Crippen molar-refractivity contribution in [1.29, 1.82) is 0 Å². The zero-order valence-electron chi connectivity index (χ0n) is 3.69. The largest absolute Gasteiger partial charge is 0.352 e. The molecule has 0 aromatic carbocycles. The third kappa shape index (κ3) is 0.828. The second kappa shape index (κ2) is 1.90. The first-order valence-corrected chi connectivity index (χ1v) is 1.84. The Bertz CT molecular complexity index is 149. The molecule has 4 heteroatoms. The lowest BCUT2D eigenvalue weighted by Crippen LogP contribution is -1.76. The van der Waals surface area contributed by atoms with E-state index in [1.807, 2.05) is 12.5 Å². The van der Waals surface area contributed by atoms with Gasteiger partial charge in [-0.3, -0.25) is 0 Å². The fourth-order valence-corrected chi connectivity index (χ4v) is 0.260. The van der Waals surface area contributed by atoms with Crippen LogP contribution in [0.15, 0.2) is 4.52 Å². The zero-order chi connectivity index (χ0) is 5.98. The van der Waals surface area contributed by atoms with E-state index in [2.05, 4.69) is 9.68 Å². The van der Waals surface area contributed by atoms with Gasteiger partial charge in [-0.1, -0.05) is 5.16 Å². The van der Waals surface area contributed by atoms with Crippen molar-refractivity contribution in [3.63, 3.8) is 0 Å². The molecule has 0 bridgehead atoms. The highest BCUT2D eigenvalue weighted by Gasteiger charge is 2.09. The first-order chi connectivity index (χ1) is 3.80. The van der Waals surface area contributed by atoms with Gasteiger partial charge in [-0.05, 0) is 0 Å². The highest BCUT2D eigenvalue weighted by Crippen LogP contribution is 2.15. The minimum atomic E-state index is -2.58. The van der Waals surface area contributed by atoms with Crippen LogP contribution >= 0.6 is 0 Å². The SMILES string of the molecule is FC(F)c1[c]no[c]1. The van der Waals surface area contributed by atoms with Crippen LogP contribution in [0.5, 0.6) is 0 Å². The van der Waals surface area contributed by atoms with E-state index >= 15 is 0 Å². The molecule has 1 aromatic rings. The number of aromatic nitrogens is 1. The van der Waals surface area contributed by atoms with Crippen molar-refractivity contribution in [2.75, 3.05) is 0 Å². The summed E-state index contributed by atoms with van der Waals surface area (Å²) in [6, 6.07) is 0. The molecular formula is C4HF2NO. The van der Waals surface area contributed by atoms with Gasteiger partial charge in [-0.2, -0.15) is 0 Å². The van der Waals surface area contributed by atoms with E-state index < -0.39 is 12.0 Å². The lowest BCUT2D eigenvalue weighted by molar-refractivity contribution is 0.150. The molecule has 0 unspecified atom stereocenters. The maximum atomic E-state index is 11.4. The minimum absolute atomic E-state index is 0.426. The zero-order valence-corrected chi connectivity index (χ0v) is 3.69. The Balaban J connectivity index is 2.77. The fraction of sp³-hybridized carbons (Fsp3) is 0.250. The Kier molecular flexibility index (Phi) is 1.24. The number of hydrogen-bond donors (Lipinski definition) is 0. The van der Waals surface area contributed by atoms with Gasteiger partial charge >= 0.3 is 0 Å². The van der Waals surface area contributed by atoms with Crippen LogP contribution in [0.1, 0.15) is 12.0 Å². The number of halogens is 2. The molecule has 0 aliphatic rings. The van der Waals surface area contributed by atoms with E-state index in [4.69, 9.17) is 0 Å². The van der Waals surface area contributed by atoms with Crippen molar-refractivity contribution in [3.8, 4) is 0 Å². The Labute approximate surface area is 44.1 Å². The highest BCUT2D eigenvalue weighted by atomic mass is 19.3. The smallest absolute Gasteiger partial charge is 0.269 e. The topological polar surface area (TPSA) is 26.0 Å². The molecule has 0 spiro atoms. The third-order valence-corrected chi connectivity index (χ3v) is 0.586. The van der Waals surface area contributed by atoms with Crippen LogP contribution in [0.2, 0.25) is 0 Å². The Morgan fingerprint density at radius 1 is 1.62 bits per heavy atom. The molecule has 0 amide bonds. The van der Waals surface area contributed by atoms with Crippen LogP contribution in [0.3, 0.4) is 0 Å². The number of hydrogen-bond acceptors (Lipinski definition) is 2. The molecule has 42 valence electrons. The van der Waals surface area contributed by atoms with E-state index in [0.29, 0.717) is 0 Å². The molecule has 0 atom stereocenters. The molecule has 0 fully saturated rings. The number of alkyl halides is 2. The quantitative estimate of drug-likeness (QED) is 0.552. The lowest BCUT2D eigenvalue weighted by atomic mass is 10.4. The average molecular weight is 117 g/mol. The molecule has 1 rings (SSSR count). The van der Waals surface area contributed by atoms with Crippen molar-refractivity contribution >= 4 is 0 Å². The summed E-state index contributed by atoms with van der Waals surface area (Å²) in [5, 5.41) is 2.91. The van der Waals surface area contributed by atoms with Gasteiger partial charge in [0.25, 0.3) is 6.43 Å². The van der Waals surface area contributed by atoms with Crippen molar-refractivity contribution in [1.82, 2.24) is 5.16 Å². The van der Waals surface area contributed by atoms with E-state index in [0.717, 1.165) is 0 Å². The monoisotopic (exact) mass is 117 g/mol. The van der Waals surface area contributed by atoms with E-state index in [-0.39, 0.29) is 0 Å². The first kappa shape index (κ1) is 5.21. The van der Waals surface area contributed by atoms with E-state index in [1.54, 1.807) is 0 Å². The van der Waals surface area contributed by atoms with Gasteiger partial charge in [0.1, 0.15) is 6.20 Å². The summed E-state index contributed by atoms with van der Waals surface area (Å²) in [6.45, 7) is 0. The number of nitrogens with zero attached hydrogens (tertiary/aromatic N) is 1. The molecule has 0 N–H and O–H groups in total. The standard InChI is InChI=1S/C4HF2NO/c5-4(6)3-1-7-8-2-3/h4H. The predicted molar refractivity (Wildman–Crippen MR) is 19.1 cm³/mol. The summed E-state index contributed by atoms with van der Waals surface area (Å²) >= 11 is 0. The van der Waals surface area contributed by atoms with Crippen molar-refractivity contribution in [2.45, 2.75) is 6.43 Å². The maximum absolute atomic E-state index is 11.4. The van der Waals surface area contributed by atoms with Crippen LogP contribution in [0.25, 0.3) is 0 Å². The molecule has 8 heavy (non-hydrogen) atoms. The minimum Gasteiger partial charge on any atom is -0.352 e. The molecule has 1 aromatic heterocycles. The van der Waals surface area contributed by atoms with Crippen LogP contribution < -0.4 is 0 Å². The van der Waals surface area contributed by atoms with Gasteiger partial charge in [-0.25, -0.2) is 8.78 Å². The Hall–Kier alpha value is -0.930. The predicted octanol–water partition coefficient (Wildman–Crippen LogP) is 1.21. The molecule has 2 radical (unpaired) electrons. The van der Waals surface area contributed by atoms with Crippen LogP contribution in [0.4, 0.5) is 8.78 Å². The molecule has 0 saturated carbocycles. The molecule has 2 nitrogen and oxygen atoms in total. The average Bonchev–Trinajstić information content (AvgIpc) is 2.12. The maximum Gasteiger partial charge on any atom is 0.269 e. The van der Waals surface area contributed by atoms with E-state index in [1.165, 1.54) is 0 Å². The lowest BCUT2D eigenvalue weighted by Gasteiger charge is -1.83. The molecule has 0 saturated heterocycles. The van der Waals surface area contributed by atoms with Crippen LogP contribution in [-0.4, -0.2) is 5.16 Å². The van der Waals surface area contributed by atoms with Crippen molar-refractivity contribution in [3.05, 3.63) is 18.0 Å². The molecule has 1 heterocycles. The summed E-state index contributed by atoms with van der Waals surface area (Å²) in [4.78, 5) is 0. The molecule has 0 aliphatic heterocycles.